The molecule has 0 aliphatic carbocycles. The zero-order chi connectivity index (χ0) is 16.8. The molecule has 0 saturated carbocycles. The summed E-state index contributed by atoms with van der Waals surface area (Å²) in [5.74, 6) is 1.69. The maximum Gasteiger partial charge on any atom is 0.248 e. The van der Waals surface area contributed by atoms with E-state index >= 15 is 0 Å². The predicted molar refractivity (Wildman–Crippen MR) is 90.8 cm³/mol. The molecule has 2 rings (SSSR count). The van der Waals surface area contributed by atoms with E-state index < -0.39 is 0 Å². The summed E-state index contributed by atoms with van der Waals surface area (Å²) in [6, 6.07) is 8.32. The summed E-state index contributed by atoms with van der Waals surface area (Å²) in [4.78, 5) is 14.2. The van der Waals surface area contributed by atoms with Crippen LogP contribution in [0.1, 0.15) is 25.3 Å². The molecule has 2 atom stereocenters. The Morgan fingerprint density at radius 1 is 1.30 bits per heavy atom. The SMILES string of the molecule is COCC(=O)N(CC1CNCC1c1ccccc1OC)C(C)C. The summed E-state index contributed by atoms with van der Waals surface area (Å²) >= 11 is 0. The van der Waals surface area contributed by atoms with Crippen LogP contribution < -0.4 is 10.1 Å². The van der Waals surface area contributed by atoms with E-state index in [0.717, 1.165) is 25.4 Å². The van der Waals surface area contributed by atoms with Crippen LogP contribution in [0.4, 0.5) is 0 Å². The third kappa shape index (κ3) is 4.24. The molecule has 2 unspecified atom stereocenters. The minimum Gasteiger partial charge on any atom is -0.496 e. The van der Waals surface area contributed by atoms with E-state index in [4.69, 9.17) is 9.47 Å². The Labute approximate surface area is 139 Å². The highest BCUT2D eigenvalue weighted by Crippen LogP contribution is 2.34. The Kier molecular flexibility index (Phi) is 6.42. The quantitative estimate of drug-likeness (QED) is 0.833. The van der Waals surface area contributed by atoms with Crippen molar-refractivity contribution in [1.82, 2.24) is 10.2 Å². The second-order valence-corrected chi connectivity index (χ2v) is 6.34. The topological polar surface area (TPSA) is 50.8 Å². The van der Waals surface area contributed by atoms with E-state index in [9.17, 15) is 4.79 Å². The maximum absolute atomic E-state index is 12.3. The average Bonchev–Trinajstić information content (AvgIpc) is 3.00. The summed E-state index contributed by atoms with van der Waals surface area (Å²) in [5.41, 5.74) is 1.22. The second kappa shape index (κ2) is 8.31. The molecule has 23 heavy (non-hydrogen) atoms. The fourth-order valence-electron chi connectivity index (χ4n) is 3.32. The Bertz CT molecular complexity index is 519. The molecule has 128 valence electrons. The molecular formula is C18H28N2O3. The highest BCUT2D eigenvalue weighted by atomic mass is 16.5. The fourth-order valence-corrected chi connectivity index (χ4v) is 3.32. The number of rotatable bonds is 7. The zero-order valence-corrected chi connectivity index (χ0v) is 14.5. The molecule has 1 heterocycles. The lowest BCUT2D eigenvalue weighted by atomic mass is 9.87. The lowest BCUT2D eigenvalue weighted by Gasteiger charge is -2.31. The van der Waals surface area contributed by atoms with Crippen LogP contribution in [-0.2, 0) is 9.53 Å². The van der Waals surface area contributed by atoms with Crippen LogP contribution in [0.3, 0.4) is 0 Å². The summed E-state index contributed by atoms with van der Waals surface area (Å²) in [6.07, 6.45) is 0. The van der Waals surface area contributed by atoms with Crippen molar-refractivity contribution in [3.8, 4) is 5.75 Å². The number of benzene rings is 1. The number of para-hydroxylation sites is 1. The first-order valence-corrected chi connectivity index (χ1v) is 8.20. The normalized spacial score (nSPS) is 20.7. The van der Waals surface area contributed by atoms with Gasteiger partial charge in [-0.3, -0.25) is 4.79 Å². The van der Waals surface area contributed by atoms with Crippen molar-refractivity contribution in [2.24, 2.45) is 5.92 Å². The van der Waals surface area contributed by atoms with Crippen molar-refractivity contribution in [3.05, 3.63) is 29.8 Å². The van der Waals surface area contributed by atoms with Crippen molar-refractivity contribution < 1.29 is 14.3 Å². The highest BCUT2D eigenvalue weighted by molar-refractivity contribution is 5.77. The zero-order valence-electron chi connectivity index (χ0n) is 14.5. The minimum absolute atomic E-state index is 0.0492. The van der Waals surface area contributed by atoms with Gasteiger partial charge in [-0.2, -0.15) is 0 Å². The van der Waals surface area contributed by atoms with Gasteiger partial charge in [-0.05, 0) is 31.4 Å². The summed E-state index contributed by atoms with van der Waals surface area (Å²) in [7, 11) is 3.27. The van der Waals surface area contributed by atoms with Gasteiger partial charge in [0.25, 0.3) is 0 Å². The lowest BCUT2D eigenvalue weighted by molar-refractivity contribution is -0.137. The molecule has 0 radical (unpaired) electrons. The van der Waals surface area contributed by atoms with Gasteiger partial charge in [0.2, 0.25) is 5.91 Å². The van der Waals surface area contributed by atoms with Crippen LogP contribution >= 0.6 is 0 Å². The van der Waals surface area contributed by atoms with Gasteiger partial charge in [-0.25, -0.2) is 0 Å². The molecule has 0 bridgehead atoms. The molecule has 1 saturated heterocycles. The van der Waals surface area contributed by atoms with E-state index in [1.54, 1.807) is 14.2 Å². The number of carbonyl (C=O) groups excluding carboxylic acids is 1. The van der Waals surface area contributed by atoms with Crippen LogP contribution in [0, 0.1) is 5.92 Å². The molecule has 0 aromatic heterocycles. The van der Waals surface area contributed by atoms with Crippen molar-refractivity contribution in [2.75, 3.05) is 40.5 Å². The molecule has 1 amide bonds. The smallest absolute Gasteiger partial charge is 0.248 e. The standard InChI is InChI=1S/C18H28N2O3/c1-13(2)20(18(21)12-22-3)11-14-9-19-10-16(14)15-7-5-6-8-17(15)23-4/h5-8,13-14,16,19H,9-12H2,1-4H3. The van der Waals surface area contributed by atoms with Gasteiger partial charge in [-0.1, -0.05) is 18.2 Å². The first-order valence-electron chi connectivity index (χ1n) is 8.20. The first kappa shape index (κ1) is 17.8. The fraction of sp³-hybridized carbons (Fsp3) is 0.611. The summed E-state index contributed by atoms with van der Waals surface area (Å²) < 4.78 is 10.5. The molecule has 0 spiro atoms. The van der Waals surface area contributed by atoms with E-state index in [1.807, 2.05) is 36.9 Å². The minimum atomic E-state index is 0.0492. The van der Waals surface area contributed by atoms with Crippen LogP contribution in [0.25, 0.3) is 0 Å². The van der Waals surface area contributed by atoms with Gasteiger partial charge >= 0.3 is 0 Å². The van der Waals surface area contributed by atoms with Crippen molar-refractivity contribution in [1.29, 1.82) is 0 Å². The summed E-state index contributed by atoms with van der Waals surface area (Å²) in [5, 5.41) is 3.46. The van der Waals surface area contributed by atoms with Crippen molar-refractivity contribution in [2.45, 2.75) is 25.8 Å². The average molecular weight is 320 g/mol. The van der Waals surface area contributed by atoms with Crippen LogP contribution in [-0.4, -0.2) is 57.3 Å². The number of hydrogen-bond acceptors (Lipinski definition) is 4. The third-order valence-corrected chi connectivity index (χ3v) is 4.52. The van der Waals surface area contributed by atoms with Crippen molar-refractivity contribution >= 4 is 5.91 Å². The van der Waals surface area contributed by atoms with Gasteiger partial charge in [0, 0.05) is 38.7 Å². The Balaban J connectivity index is 2.16. The number of hydrogen-bond donors (Lipinski definition) is 1. The third-order valence-electron chi connectivity index (χ3n) is 4.52. The molecule has 5 nitrogen and oxygen atoms in total. The van der Waals surface area contributed by atoms with E-state index in [0.29, 0.717) is 11.8 Å². The molecule has 5 heteroatoms. The molecule has 1 aromatic carbocycles. The number of methoxy groups -OCH3 is 2. The van der Waals surface area contributed by atoms with Gasteiger partial charge in [0.15, 0.2) is 0 Å². The Hall–Kier alpha value is -1.59. The van der Waals surface area contributed by atoms with Crippen LogP contribution in [0.5, 0.6) is 5.75 Å². The number of ether oxygens (including phenoxy) is 2. The number of amides is 1. The molecule has 1 fully saturated rings. The molecule has 1 aromatic rings. The lowest BCUT2D eigenvalue weighted by Crippen LogP contribution is -2.43. The van der Waals surface area contributed by atoms with Gasteiger partial charge in [-0.15, -0.1) is 0 Å². The first-order chi connectivity index (χ1) is 11.1. The number of carbonyl (C=O) groups is 1. The van der Waals surface area contributed by atoms with Gasteiger partial charge < -0.3 is 19.7 Å². The summed E-state index contributed by atoms with van der Waals surface area (Å²) in [6.45, 7) is 6.79. The van der Waals surface area contributed by atoms with Crippen LogP contribution in [0.2, 0.25) is 0 Å². The Morgan fingerprint density at radius 3 is 2.70 bits per heavy atom. The Morgan fingerprint density at radius 2 is 2.04 bits per heavy atom. The maximum atomic E-state index is 12.3. The molecule has 1 N–H and O–H groups in total. The predicted octanol–water partition coefficient (Wildman–Crippen LogP) is 1.88. The van der Waals surface area contributed by atoms with E-state index in [1.165, 1.54) is 5.56 Å². The molecule has 1 aliphatic rings. The van der Waals surface area contributed by atoms with Crippen LogP contribution in [0.15, 0.2) is 24.3 Å². The van der Waals surface area contributed by atoms with E-state index in [2.05, 4.69) is 11.4 Å². The highest BCUT2D eigenvalue weighted by Gasteiger charge is 2.33. The molecule has 1 aliphatic heterocycles. The number of nitrogens with zero attached hydrogens (tertiary/aromatic N) is 1. The molecular weight excluding hydrogens is 292 g/mol. The van der Waals surface area contributed by atoms with Gasteiger partial charge in [0.05, 0.1) is 7.11 Å². The largest absolute Gasteiger partial charge is 0.496 e. The van der Waals surface area contributed by atoms with E-state index in [-0.39, 0.29) is 18.6 Å². The van der Waals surface area contributed by atoms with Gasteiger partial charge in [0.1, 0.15) is 12.4 Å². The monoisotopic (exact) mass is 320 g/mol. The van der Waals surface area contributed by atoms with Crippen molar-refractivity contribution in [3.63, 3.8) is 0 Å². The number of nitrogens with one attached hydrogen (secondary N) is 1. The second-order valence-electron chi connectivity index (χ2n) is 6.34.